The molecule has 5 nitrogen and oxygen atoms in total. The van der Waals surface area contributed by atoms with Gasteiger partial charge in [0.05, 0.1) is 13.2 Å². The van der Waals surface area contributed by atoms with Crippen LogP contribution in [-0.4, -0.2) is 44.9 Å². The number of ether oxygens (including phenoxy) is 2. The summed E-state index contributed by atoms with van der Waals surface area (Å²) in [6.07, 6.45) is 0.283. The van der Waals surface area contributed by atoms with Crippen molar-refractivity contribution in [3.8, 4) is 5.75 Å². The predicted molar refractivity (Wildman–Crippen MR) is 72.1 cm³/mol. The van der Waals surface area contributed by atoms with Crippen LogP contribution >= 0.6 is 0 Å². The maximum atomic E-state index is 12.7. The van der Waals surface area contributed by atoms with E-state index in [9.17, 15) is 9.18 Å². The molecule has 0 spiro atoms. The monoisotopic (exact) mass is 282 g/mol. The Hall–Kier alpha value is -1.66. The van der Waals surface area contributed by atoms with Gasteiger partial charge < -0.3 is 20.1 Å². The fraction of sp³-hybridized carbons (Fsp3) is 0.500. The molecule has 2 rings (SSSR count). The Kier molecular flexibility index (Phi) is 5.76. The van der Waals surface area contributed by atoms with E-state index in [1.807, 2.05) is 0 Å². The average molecular weight is 282 g/mol. The number of hydrogen-bond acceptors (Lipinski definition) is 4. The Morgan fingerprint density at radius 1 is 1.45 bits per heavy atom. The lowest BCUT2D eigenvalue weighted by Gasteiger charge is -2.22. The first-order chi connectivity index (χ1) is 9.75. The van der Waals surface area contributed by atoms with Crippen LogP contribution in [0.15, 0.2) is 24.3 Å². The molecule has 1 fully saturated rings. The first-order valence-electron chi connectivity index (χ1n) is 6.74. The predicted octanol–water partition coefficient (Wildman–Crippen LogP) is 0.699. The summed E-state index contributed by atoms with van der Waals surface area (Å²) in [5, 5.41) is 5.91. The molecule has 20 heavy (non-hydrogen) atoms. The number of hydrogen-bond donors (Lipinski definition) is 2. The van der Waals surface area contributed by atoms with E-state index in [4.69, 9.17) is 9.47 Å². The van der Waals surface area contributed by atoms with Gasteiger partial charge in [0.1, 0.15) is 17.7 Å². The Morgan fingerprint density at radius 2 is 2.25 bits per heavy atom. The summed E-state index contributed by atoms with van der Waals surface area (Å²) in [6, 6.07) is 5.86. The second kappa shape index (κ2) is 7.81. The van der Waals surface area contributed by atoms with Gasteiger partial charge in [-0.1, -0.05) is 0 Å². The van der Waals surface area contributed by atoms with E-state index in [1.54, 1.807) is 12.1 Å². The third kappa shape index (κ3) is 4.79. The Labute approximate surface area is 117 Å². The van der Waals surface area contributed by atoms with Gasteiger partial charge >= 0.3 is 0 Å². The summed E-state index contributed by atoms with van der Waals surface area (Å²) in [5.41, 5.74) is 0. The molecule has 1 aromatic carbocycles. The summed E-state index contributed by atoms with van der Waals surface area (Å²) in [5.74, 6) is 0.238. The summed E-state index contributed by atoms with van der Waals surface area (Å²) < 4.78 is 23.4. The minimum absolute atomic E-state index is 0.0982. The molecular weight excluding hydrogens is 263 g/mol. The van der Waals surface area contributed by atoms with E-state index in [2.05, 4.69) is 10.6 Å². The highest BCUT2D eigenvalue weighted by Gasteiger charge is 2.20. The van der Waals surface area contributed by atoms with Gasteiger partial charge in [0.15, 0.2) is 0 Å². The van der Waals surface area contributed by atoms with Crippen LogP contribution in [0.2, 0.25) is 0 Å². The maximum Gasteiger partial charge on any atom is 0.250 e. The number of benzene rings is 1. The van der Waals surface area contributed by atoms with E-state index in [-0.39, 0.29) is 11.7 Å². The molecule has 2 N–H and O–H groups in total. The Bertz CT molecular complexity index is 419. The lowest BCUT2D eigenvalue weighted by molar-refractivity contribution is -0.134. The van der Waals surface area contributed by atoms with Gasteiger partial charge in [0.25, 0.3) is 0 Å². The van der Waals surface area contributed by atoms with E-state index < -0.39 is 6.10 Å². The van der Waals surface area contributed by atoms with Crippen molar-refractivity contribution in [3.05, 3.63) is 30.1 Å². The molecule has 1 amide bonds. The molecule has 1 aromatic rings. The highest BCUT2D eigenvalue weighted by atomic mass is 19.1. The second-order valence-electron chi connectivity index (χ2n) is 4.51. The van der Waals surface area contributed by atoms with Crippen molar-refractivity contribution in [2.45, 2.75) is 12.5 Å². The lowest BCUT2D eigenvalue weighted by Crippen LogP contribution is -2.48. The summed E-state index contributed by atoms with van der Waals surface area (Å²) in [4.78, 5) is 11.7. The van der Waals surface area contributed by atoms with Crippen molar-refractivity contribution in [1.82, 2.24) is 10.6 Å². The van der Waals surface area contributed by atoms with Gasteiger partial charge in [-0.15, -0.1) is 0 Å². The quantitative estimate of drug-likeness (QED) is 0.754. The van der Waals surface area contributed by atoms with Gasteiger partial charge in [0.2, 0.25) is 5.91 Å². The van der Waals surface area contributed by atoms with Crippen LogP contribution in [0.4, 0.5) is 4.39 Å². The van der Waals surface area contributed by atoms with E-state index in [0.29, 0.717) is 38.5 Å². The molecular formula is C14H19FN2O3. The SMILES string of the molecule is O=C(NCCCOc1ccc(F)cc1)C1CNCCO1. The fourth-order valence-electron chi connectivity index (χ4n) is 1.85. The number of carbonyl (C=O) groups is 1. The molecule has 0 aliphatic carbocycles. The molecule has 110 valence electrons. The Balaban J connectivity index is 1.57. The highest BCUT2D eigenvalue weighted by molar-refractivity contribution is 5.81. The van der Waals surface area contributed by atoms with Gasteiger partial charge in [0, 0.05) is 19.6 Å². The van der Waals surface area contributed by atoms with Gasteiger partial charge in [-0.2, -0.15) is 0 Å². The number of amides is 1. The first kappa shape index (κ1) is 14.7. The molecule has 1 unspecified atom stereocenters. The standard InChI is InChI=1S/C14H19FN2O3/c15-11-2-4-12(5-3-11)19-8-1-6-17-14(18)13-10-16-7-9-20-13/h2-5,13,16H,1,6-10H2,(H,17,18). The van der Waals surface area contributed by atoms with Crippen LogP contribution in [0.3, 0.4) is 0 Å². The van der Waals surface area contributed by atoms with Gasteiger partial charge in [-0.25, -0.2) is 4.39 Å². The maximum absolute atomic E-state index is 12.7. The zero-order valence-corrected chi connectivity index (χ0v) is 11.2. The molecule has 1 heterocycles. The van der Waals surface area contributed by atoms with Crippen LogP contribution in [0.5, 0.6) is 5.75 Å². The van der Waals surface area contributed by atoms with Crippen molar-refractivity contribution in [3.63, 3.8) is 0 Å². The number of rotatable bonds is 6. The average Bonchev–Trinajstić information content (AvgIpc) is 2.49. The highest BCUT2D eigenvalue weighted by Crippen LogP contribution is 2.10. The number of halogens is 1. The van der Waals surface area contributed by atoms with E-state index in [1.165, 1.54) is 12.1 Å². The third-order valence-corrected chi connectivity index (χ3v) is 2.92. The van der Waals surface area contributed by atoms with Crippen LogP contribution < -0.4 is 15.4 Å². The summed E-state index contributed by atoms with van der Waals surface area (Å²) in [6.45, 7) is 2.90. The molecule has 1 aliphatic rings. The van der Waals surface area contributed by atoms with Crippen molar-refractivity contribution in [2.75, 3.05) is 32.8 Å². The molecule has 0 saturated carbocycles. The smallest absolute Gasteiger partial charge is 0.250 e. The molecule has 0 bridgehead atoms. The van der Waals surface area contributed by atoms with E-state index >= 15 is 0 Å². The van der Waals surface area contributed by atoms with Crippen LogP contribution in [0.25, 0.3) is 0 Å². The lowest BCUT2D eigenvalue weighted by atomic mass is 10.3. The van der Waals surface area contributed by atoms with Crippen molar-refractivity contribution in [2.24, 2.45) is 0 Å². The second-order valence-corrected chi connectivity index (χ2v) is 4.51. The van der Waals surface area contributed by atoms with Crippen molar-refractivity contribution < 1.29 is 18.7 Å². The molecule has 1 atom stereocenters. The summed E-state index contributed by atoms with van der Waals surface area (Å²) >= 11 is 0. The zero-order valence-electron chi connectivity index (χ0n) is 11.2. The summed E-state index contributed by atoms with van der Waals surface area (Å²) in [7, 11) is 0. The topological polar surface area (TPSA) is 59.6 Å². The van der Waals surface area contributed by atoms with Gasteiger partial charge in [-0.3, -0.25) is 4.79 Å². The third-order valence-electron chi connectivity index (χ3n) is 2.92. The zero-order chi connectivity index (χ0) is 14.2. The fourth-order valence-corrected chi connectivity index (χ4v) is 1.85. The molecule has 1 saturated heterocycles. The number of morpholine rings is 1. The normalized spacial score (nSPS) is 18.6. The van der Waals surface area contributed by atoms with Crippen molar-refractivity contribution in [1.29, 1.82) is 0 Å². The van der Waals surface area contributed by atoms with Crippen molar-refractivity contribution >= 4 is 5.91 Å². The molecule has 1 aliphatic heterocycles. The van der Waals surface area contributed by atoms with Crippen LogP contribution in [0, 0.1) is 5.82 Å². The minimum atomic E-state index is -0.401. The van der Waals surface area contributed by atoms with Crippen LogP contribution in [-0.2, 0) is 9.53 Å². The van der Waals surface area contributed by atoms with E-state index in [0.717, 1.165) is 6.54 Å². The minimum Gasteiger partial charge on any atom is -0.494 e. The largest absolute Gasteiger partial charge is 0.494 e. The number of carbonyl (C=O) groups excluding carboxylic acids is 1. The van der Waals surface area contributed by atoms with Gasteiger partial charge in [-0.05, 0) is 30.7 Å². The first-order valence-corrected chi connectivity index (χ1v) is 6.74. The molecule has 0 aromatic heterocycles. The Morgan fingerprint density at radius 3 is 2.95 bits per heavy atom. The van der Waals surface area contributed by atoms with Crippen LogP contribution in [0.1, 0.15) is 6.42 Å². The number of nitrogens with one attached hydrogen (secondary N) is 2. The molecule has 6 heteroatoms. The molecule has 0 radical (unpaired) electrons.